The molecule has 0 unspecified atom stereocenters. The Morgan fingerprint density at radius 1 is 1.75 bits per heavy atom. The van der Waals surface area contributed by atoms with E-state index in [4.69, 9.17) is 11.0 Å². The number of nitrogens with two attached hydrogens (primary N) is 1. The number of hydrogen-bond acceptors (Lipinski definition) is 2. The van der Waals surface area contributed by atoms with Crippen LogP contribution in [0.3, 0.4) is 0 Å². The quantitative estimate of drug-likeness (QED) is 0.669. The Morgan fingerprint density at radius 3 is 3.08 bits per heavy atom. The molecular formula is C9H11N3. The number of nitriles is 1. The highest BCUT2D eigenvalue weighted by atomic mass is 15.0. The van der Waals surface area contributed by atoms with E-state index in [1.54, 1.807) is 6.07 Å². The first-order valence-corrected chi connectivity index (χ1v) is 3.70. The van der Waals surface area contributed by atoms with Crippen molar-refractivity contribution in [3.8, 4) is 6.07 Å². The topological polar surface area (TPSA) is 54.7 Å². The number of nitrogens with zero attached hydrogens (tertiary/aromatic N) is 2. The van der Waals surface area contributed by atoms with Crippen molar-refractivity contribution >= 4 is 0 Å². The summed E-state index contributed by atoms with van der Waals surface area (Å²) in [4.78, 5) is 0. The Hall–Kier alpha value is -1.53. The van der Waals surface area contributed by atoms with Crippen molar-refractivity contribution in [3.05, 3.63) is 36.2 Å². The summed E-state index contributed by atoms with van der Waals surface area (Å²) < 4.78 is 1.83. The van der Waals surface area contributed by atoms with Crippen LogP contribution in [0.5, 0.6) is 0 Å². The average Bonchev–Trinajstić information content (AvgIpc) is 2.51. The van der Waals surface area contributed by atoms with Gasteiger partial charge in [0.2, 0.25) is 0 Å². The lowest BCUT2D eigenvalue weighted by Gasteiger charge is -2.04. The molecule has 3 nitrogen and oxygen atoms in total. The van der Waals surface area contributed by atoms with Gasteiger partial charge in [-0.05, 0) is 17.7 Å². The second kappa shape index (κ2) is 3.74. The molecule has 0 aliphatic rings. The summed E-state index contributed by atoms with van der Waals surface area (Å²) in [5, 5.41) is 8.66. The smallest absolute Gasteiger partial charge is 0.120 e. The molecule has 12 heavy (non-hydrogen) atoms. The fourth-order valence-electron chi connectivity index (χ4n) is 0.959. The van der Waals surface area contributed by atoms with Crippen LogP contribution in [-0.4, -0.2) is 11.1 Å². The molecule has 0 spiro atoms. The van der Waals surface area contributed by atoms with Crippen molar-refractivity contribution in [2.75, 3.05) is 6.54 Å². The molecule has 62 valence electrons. The Morgan fingerprint density at radius 2 is 2.50 bits per heavy atom. The Balaban J connectivity index is 2.76. The van der Waals surface area contributed by atoms with Crippen LogP contribution in [0.25, 0.3) is 0 Å². The van der Waals surface area contributed by atoms with E-state index in [1.807, 2.05) is 16.8 Å². The summed E-state index contributed by atoms with van der Waals surface area (Å²) >= 11 is 0. The minimum absolute atomic E-state index is 0.461. The second-order valence-electron chi connectivity index (χ2n) is 2.59. The molecular weight excluding hydrogens is 150 g/mol. The molecule has 2 N–H and O–H groups in total. The van der Waals surface area contributed by atoms with E-state index in [0.29, 0.717) is 18.8 Å². The van der Waals surface area contributed by atoms with Gasteiger partial charge in [-0.15, -0.1) is 0 Å². The number of aromatic nitrogens is 1. The average molecular weight is 161 g/mol. The van der Waals surface area contributed by atoms with Crippen molar-refractivity contribution in [2.24, 2.45) is 5.73 Å². The molecule has 0 aliphatic heterocycles. The Kier molecular flexibility index (Phi) is 2.67. The standard InChI is InChI=1S/C9H11N3/c1-8(5-10)7-12-4-2-3-9(12)6-11/h2-4H,1,5,7,10H2. The largest absolute Gasteiger partial charge is 0.335 e. The van der Waals surface area contributed by atoms with Crippen LogP contribution in [0.15, 0.2) is 30.5 Å². The van der Waals surface area contributed by atoms with Crippen molar-refractivity contribution in [2.45, 2.75) is 6.54 Å². The predicted molar refractivity (Wildman–Crippen MR) is 47.3 cm³/mol. The highest BCUT2D eigenvalue weighted by Gasteiger charge is 1.99. The van der Waals surface area contributed by atoms with Gasteiger partial charge in [-0.25, -0.2) is 0 Å². The lowest BCUT2D eigenvalue weighted by molar-refractivity contribution is 0.765. The lowest BCUT2D eigenvalue weighted by atomic mass is 10.3. The van der Waals surface area contributed by atoms with Gasteiger partial charge in [0.15, 0.2) is 0 Å². The van der Waals surface area contributed by atoms with Gasteiger partial charge in [-0.1, -0.05) is 6.58 Å². The van der Waals surface area contributed by atoms with E-state index in [0.717, 1.165) is 5.57 Å². The third kappa shape index (κ3) is 1.74. The summed E-state index contributed by atoms with van der Waals surface area (Å²) in [6.45, 7) is 4.86. The zero-order valence-corrected chi connectivity index (χ0v) is 6.83. The van der Waals surface area contributed by atoms with E-state index in [9.17, 15) is 0 Å². The van der Waals surface area contributed by atoms with E-state index in [2.05, 4.69) is 12.6 Å². The molecule has 0 amide bonds. The second-order valence-corrected chi connectivity index (χ2v) is 2.59. The maximum absolute atomic E-state index is 8.66. The first kappa shape index (κ1) is 8.57. The van der Waals surface area contributed by atoms with Gasteiger partial charge in [0, 0.05) is 19.3 Å². The van der Waals surface area contributed by atoms with Gasteiger partial charge in [-0.3, -0.25) is 0 Å². The molecule has 0 aromatic carbocycles. The number of hydrogen-bond donors (Lipinski definition) is 1. The molecule has 0 saturated heterocycles. The van der Waals surface area contributed by atoms with Crippen molar-refractivity contribution < 1.29 is 0 Å². The summed E-state index contributed by atoms with van der Waals surface area (Å²) in [6.07, 6.45) is 1.85. The van der Waals surface area contributed by atoms with Crippen LogP contribution in [0.2, 0.25) is 0 Å². The van der Waals surface area contributed by atoms with Gasteiger partial charge in [0.1, 0.15) is 11.8 Å². The lowest BCUT2D eigenvalue weighted by Crippen LogP contribution is -2.09. The van der Waals surface area contributed by atoms with E-state index < -0.39 is 0 Å². The SMILES string of the molecule is C=C(CN)Cn1cccc1C#N. The van der Waals surface area contributed by atoms with E-state index in [1.165, 1.54) is 0 Å². The molecule has 3 heteroatoms. The van der Waals surface area contributed by atoms with E-state index in [-0.39, 0.29) is 0 Å². The highest BCUT2D eigenvalue weighted by Crippen LogP contribution is 2.03. The van der Waals surface area contributed by atoms with Crippen molar-refractivity contribution in [3.63, 3.8) is 0 Å². The molecule has 0 saturated carbocycles. The van der Waals surface area contributed by atoms with Gasteiger partial charge in [-0.2, -0.15) is 5.26 Å². The minimum atomic E-state index is 0.461. The van der Waals surface area contributed by atoms with Gasteiger partial charge in [0.05, 0.1) is 0 Å². The molecule has 0 bridgehead atoms. The Bertz CT molecular complexity index is 317. The summed E-state index contributed by atoms with van der Waals surface area (Å²) in [7, 11) is 0. The molecule has 0 atom stereocenters. The molecule has 1 aromatic rings. The molecule has 0 aliphatic carbocycles. The zero-order chi connectivity index (χ0) is 8.97. The monoisotopic (exact) mass is 161 g/mol. The van der Waals surface area contributed by atoms with Crippen LogP contribution in [-0.2, 0) is 6.54 Å². The van der Waals surface area contributed by atoms with Gasteiger partial charge < -0.3 is 10.3 Å². The predicted octanol–water partition coefficient (Wildman–Crippen LogP) is 0.875. The van der Waals surface area contributed by atoms with Crippen LogP contribution in [0.1, 0.15) is 5.69 Å². The normalized spacial score (nSPS) is 9.33. The highest BCUT2D eigenvalue weighted by molar-refractivity contribution is 5.23. The van der Waals surface area contributed by atoms with Crippen LogP contribution in [0, 0.1) is 11.3 Å². The maximum Gasteiger partial charge on any atom is 0.120 e. The Labute approximate surface area is 71.7 Å². The third-order valence-corrected chi connectivity index (χ3v) is 1.63. The fraction of sp³-hybridized carbons (Fsp3) is 0.222. The van der Waals surface area contributed by atoms with Crippen LogP contribution < -0.4 is 5.73 Å². The molecule has 0 fully saturated rings. The van der Waals surface area contributed by atoms with Gasteiger partial charge in [0.25, 0.3) is 0 Å². The zero-order valence-electron chi connectivity index (χ0n) is 6.83. The molecule has 1 rings (SSSR count). The van der Waals surface area contributed by atoms with Crippen LogP contribution >= 0.6 is 0 Å². The summed E-state index contributed by atoms with van der Waals surface area (Å²) in [5.74, 6) is 0. The maximum atomic E-state index is 8.66. The van der Waals surface area contributed by atoms with Crippen LogP contribution in [0.4, 0.5) is 0 Å². The number of rotatable bonds is 3. The van der Waals surface area contributed by atoms with E-state index >= 15 is 0 Å². The van der Waals surface area contributed by atoms with Crippen molar-refractivity contribution in [1.82, 2.24) is 4.57 Å². The van der Waals surface area contributed by atoms with Crippen molar-refractivity contribution in [1.29, 1.82) is 5.26 Å². The molecule has 1 heterocycles. The van der Waals surface area contributed by atoms with Gasteiger partial charge >= 0.3 is 0 Å². The molecule has 0 radical (unpaired) electrons. The summed E-state index contributed by atoms with van der Waals surface area (Å²) in [6, 6.07) is 5.69. The molecule has 1 aromatic heterocycles. The first-order chi connectivity index (χ1) is 5.77. The fourth-order valence-corrected chi connectivity index (χ4v) is 0.959. The summed E-state index contributed by atoms with van der Waals surface area (Å²) in [5.41, 5.74) is 6.95. The minimum Gasteiger partial charge on any atom is -0.335 e. The first-order valence-electron chi connectivity index (χ1n) is 3.70. The third-order valence-electron chi connectivity index (χ3n) is 1.63.